The number of rotatable bonds is 1. The third-order valence-electron chi connectivity index (χ3n) is 3.96. The number of amides is 1. The summed E-state index contributed by atoms with van der Waals surface area (Å²) in [6, 6.07) is 2.30. The summed E-state index contributed by atoms with van der Waals surface area (Å²) in [6.07, 6.45) is 2.57. The van der Waals surface area contributed by atoms with Gasteiger partial charge in [-0.2, -0.15) is 0 Å². The fourth-order valence-corrected chi connectivity index (χ4v) is 3.22. The first-order valence-corrected chi connectivity index (χ1v) is 7.05. The zero-order valence-corrected chi connectivity index (χ0v) is 11.7. The molecule has 2 saturated heterocycles. The van der Waals surface area contributed by atoms with E-state index in [1.54, 1.807) is 0 Å². The third-order valence-corrected chi connectivity index (χ3v) is 4.13. The Kier molecular flexibility index (Phi) is 3.31. The number of anilines is 1. The van der Waals surface area contributed by atoms with Gasteiger partial charge < -0.3 is 10.2 Å². The molecule has 5 nitrogen and oxygen atoms in total. The molecule has 0 spiro atoms. The maximum absolute atomic E-state index is 11.4. The van der Waals surface area contributed by atoms with Gasteiger partial charge in [-0.1, -0.05) is 0 Å². The lowest BCUT2D eigenvalue weighted by molar-refractivity contribution is -0.124. The monoisotopic (exact) mass is 280 g/mol. The largest absolute Gasteiger partial charge is 0.356 e. The van der Waals surface area contributed by atoms with Crippen molar-refractivity contribution in [3.63, 3.8) is 0 Å². The van der Waals surface area contributed by atoms with Crippen molar-refractivity contribution in [1.82, 2.24) is 15.3 Å². The molecule has 0 aromatic carbocycles. The third kappa shape index (κ3) is 2.66. The molecule has 1 aromatic rings. The Balaban J connectivity index is 1.75. The lowest BCUT2D eigenvalue weighted by atomic mass is 9.85. The number of halogens is 1. The van der Waals surface area contributed by atoms with Gasteiger partial charge in [0.2, 0.25) is 11.2 Å². The van der Waals surface area contributed by atoms with Crippen LogP contribution in [0.25, 0.3) is 0 Å². The van der Waals surface area contributed by atoms with Crippen molar-refractivity contribution in [2.24, 2.45) is 5.92 Å². The molecule has 19 heavy (non-hydrogen) atoms. The number of nitrogens with zero attached hydrogens (tertiary/aromatic N) is 3. The molecule has 6 heteroatoms. The van der Waals surface area contributed by atoms with Gasteiger partial charge in [0.1, 0.15) is 5.82 Å². The molecule has 1 amide bonds. The lowest BCUT2D eigenvalue weighted by Crippen LogP contribution is -2.54. The minimum Gasteiger partial charge on any atom is -0.356 e. The van der Waals surface area contributed by atoms with E-state index >= 15 is 0 Å². The predicted molar refractivity (Wildman–Crippen MR) is 73.3 cm³/mol. The summed E-state index contributed by atoms with van der Waals surface area (Å²) < 4.78 is 0. The van der Waals surface area contributed by atoms with Gasteiger partial charge in [-0.25, -0.2) is 9.97 Å². The molecule has 0 aliphatic carbocycles. The van der Waals surface area contributed by atoms with E-state index in [0.717, 1.165) is 37.4 Å². The van der Waals surface area contributed by atoms with E-state index in [9.17, 15) is 4.79 Å². The van der Waals surface area contributed by atoms with Crippen LogP contribution in [0.15, 0.2) is 6.07 Å². The van der Waals surface area contributed by atoms with Gasteiger partial charge in [-0.15, -0.1) is 0 Å². The van der Waals surface area contributed by atoms with Crippen molar-refractivity contribution in [3.05, 3.63) is 17.0 Å². The molecule has 1 N–H and O–H groups in total. The van der Waals surface area contributed by atoms with Crippen LogP contribution in [0.5, 0.6) is 0 Å². The van der Waals surface area contributed by atoms with Crippen molar-refractivity contribution in [2.75, 3.05) is 18.0 Å². The van der Waals surface area contributed by atoms with E-state index in [1.807, 2.05) is 13.0 Å². The summed E-state index contributed by atoms with van der Waals surface area (Å²) in [6.45, 7) is 3.75. The zero-order chi connectivity index (χ0) is 13.4. The van der Waals surface area contributed by atoms with Gasteiger partial charge in [0.15, 0.2) is 0 Å². The van der Waals surface area contributed by atoms with Crippen LogP contribution in [0, 0.1) is 12.8 Å². The molecule has 3 heterocycles. The molecule has 2 unspecified atom stereocenters. The first-order valence-electron chi connectivity index (χ1n) is 6.67. The quantitative estimate of drug-likeness (QED) is 0.793. The van der Waals surface area contributed by atoms with Crippen LogP contribution >= 0.6 is 11.6 Å². The highest BCUT2D eigenvalue weighted by atomic mass is 35.5. The number of aryl methyl sites for hydroxylation is 1. The van der Waals surface area contributed by atoms with Crippen LogP contribution in [0.1, 0.15) is 25.0 Å². The van der Waals surface area contributed by atoms with Gasteiger partial charge in [0, 0.05) is 37.3 Å². The summed E-state index contributed by atoms with van der Waals surface area (Å²) in [5.41, 5.74) is 0.883. The number of piperidine rings is 2. The van der Waals surface area contributed by atoms with E-state index in [0.29, 0.717) is 23.7 Å². The molecule has 0 saturated carbocycles. The fraction of sp³-hybridized carbons (Fsp3) is 0.615. The minimum atomic E-state index is 0.190. The molecule has 102 valence electrons. The second-order valence-corrected chi connectivity index (χ2v) is 5.68. The Hall–Kier alpha value is -1.36. The Morgan fingerprint density at radius 3 is 3.05 bits per heavy atom. The van der Waals surface area contributed by atoms with Crippen LogP contribution < -0.4 is 10.2 Å². The highest BCUT2D eigenvalue weighted by molar-refractivity contribution is 6.28. The Labute approximate surface area is 117 Å². The van der Waals surface area contributed by atoms with Crippen molar-refractivity contribution >= 4 is 23.3 Å². The van der Waals surface area contributed by atoms with E-state index in [2.05, 4.69) is 20.2 Å². The molecule has 0 radical (unpaired) electrons. The molecule has 3 rings (SSSR count). The highest BCUT2D eigenvalue weighted by Crippen LogP contribution is 2.28. The number of aromatic nitrogens is 2. The molecule has 1 aromatic heterocycles. The second kappa shape index (κ2) is 4.96. The van der Waals surface area contributed by atoms with Crippen LogP contribution in [0.2, 0.25) is 5.28 Å². The summed E-state index contributed by atoms with van der Waals surface area (Å²) in [5, 5.41) is 3.39. The average molecular weight is 281 g/mol. The smallest absolute Gasteiger partial charge is 0.224 e. The summed E-state index contributed by atoms with van der Waals surface area (Å²) >= 11 is 5.92. The first-order chi connectivity index (χ1) is 9.11. The fourth-order valence-electron chi connectivity index (χ4n) is 3.00. The number of hydrogen-bond acceptors (Lipinski definition) is 4. The van der Waals surface area contributed by atoms with Gasteiger partial charge in [-0.3, -0.25) is 4.79 Å². The van der Waals surface area contributed by atoms with Gasteiger partial charge >= 0.3 is 0 Å². The SMILES string of the molecule is Cc1cc(N2CCC3NC(=O)CCC3C2)nc(Cl)n1. The normalized spacial score (nSPS) is 26.8. The Morgan fingerprint density at radius 1 is 1.42 bits per heavy atom. The summed E-state index contributed by atoms with van der Waals surface area (Å²) in [5.74, 6) is 1.60. The molecule has 2 fully saturated rings. The maximum Gasteiger partial charge on any atom is 0.224 e. The molecule has 0 bridgehead atoms. The summed E-state index contributed by atoms with van der Waals surface area (Å²) in [7, 11) is 0. The first kappa shape index (κ1) is 12.7. The Morgan fingerprint density at radius 2 is 2.26 bits per heavy atom. The van der Waals surface area contributed by atoms with Gasteiger partial charge in [0.25, 0.3) is 0 Å². The highest BCUT2D eigenvalue weighted by Gasteiger charge is 2.34. The molecule has 2 aliphatic rings. The average Bonchev–Trinajstić information content (AvgIpc) is 2.37. The number of fused-ring (bicyclic) bond motifs is 1. The minimum absolute atomic E-state index is 0.190. The molecule has 2 aliphatic heterocycles. The standard InChI is InChI=1S/C13H17ClN4O/c1-8-6-11(17-13(14)15-8)18-5-4-10-9(7-18)2-3-12(19)16-10/h6,9-10H,2-5,7H2,1H3,(H,16,19). The van der Waals surface area contributed by atoms with Crippen molar-refractivity contribution in [1.29, 1.82) is 0 Å². The Bertz CT molecular complexity index is 487. The van der Waals surface area contributed by atoms with Crippen molar-refractivity contribution in [2.45, 2.75) is 32.2 Å². The van der Waals surface area contributed by atoms with Crippen LogP contribution in [-0.2, 0) is 4.79 Å². The van der Waals surface area contributed by atoms with Crippen molar-refractivity contribution in [3.8, 4) is 0 Å². The predicted octanol–water partition coefficient (Wildman–Crippen LogP) is 1.54. The van der Waals surface area contributed by atoms with Crippen molar-refractivity contribution < 1.29 is 4.79 Å². The number of nitrogens with one attached hydrogen (secondary N) is 1. The number of carbonyl (C=O) groups is 1. The van der Waals surface area contributed by atoms with Gasteiger partial charge in [-0.05, 0) is 37.3 Å². The van der Waals surface area contributed by atoms with Crippen LogP contribution in [0.3, 0.4) is 0 Å². The summed E-state index contributed by atoms with van der Waals surface area (Å²) in [4.78, 5) is 22.0. The number of hydrogen-bond donors (Lipinski definition) is 1. The maximum atomic E-state index is 11.4. The molecular weight excluding hydrogens is 264 g/mol. The molecule has 2 atom stereocenters. The van der Waals surface area contributed by atoms with E-state index in [4.69, 9.17) is 11.6 Å². The zero-order valence-electron chi connectivity index (χ0n) is 10.9. The van der Waals surface area contributed by atoms with Crippen LogP contribution in [0.4, 0.5) is 5.82 Å². The second-order valence-electron chi connectivity index (χ2n) is 5.34. The van der Waals surface area contributed by atoms with E-state index in [-0.39, 0.29) is 5.91 Å². The lowest BCUT2D eigenvalue weighted by Gasteiger charge is -2.41. The topological polar surface area (TPSA) is 58.1 Å². The number of carbonyl (C=O) groups excluding carboxylic acids is 1. The van der Waals surface area contributed by atoms with Gasteiger partial charge in [0.05, 0.1) is 0 Å². The van der Waals surface area contributed by atoms with E-state index in [1.165, 1.54) is 0 Å². The van der Waals surface area contributed by atoms with E-state index < -0.39 is 0 Å². The molecular formula is C13H17ClN4O. The van der Waals surface area contributed by atoms with Crippen LogP contribution in [-0.4, -0.2) is 35.0 Å².